The highest BCUT2D eigenvalue weighted by Crippen LogP contribution is 1.91. The molecule has 7 heteroatoms. The number of nitro groups is 1. The van der Waals surface area contributed by atoms with E-state index in [0.29, 0.717) is 0 Å². The molecule has 1 heterocycles. The van der Waals surface area contributed by atoms with Crippen LogP contribution in [0.2, 0.25) is 0 Å². The molecule has 0 atom stereocenters. The molecule has 0 aromatic carbocycles. The molecule has 0 fully saturated rings. The van der Waals surface area contributed by atoms with Gasteiger partial charge in [0.15, 0.2) is 0 Å². The maximum atomic E-state index is 10.1. The minimum atomic E-state index is -0.794. The van der Waals surface area contributed by atoms with Crippen molar-refractivity contribution in [2.24, 2.45) is 0 Å². The molecule has 0 unspecified atom stereocenters. The molecule has 0 amide bonds. The highest BCUT2D eigenvalue weighted by atomic mass is 16.6. The van der Waals surface area contributed by atoms with Crippen LogP contribution in [0, 0.1) is 10.1 Å². The molecular formula is C2H2N4O3. The average molecular weight is 131 g/mol. The fraction of sp³-hybridized carbons (Fsp3) is 0. The zero-order chi connectivity index (χ0) is 6.85. The Morgan fingerprint density at radius 3 is 2.56 bits per heavy atom. The quantitative estimate of drug-likeness (QED) is 0.377. The summed E-state index contributed by atoms with van der Waals surface area (Å²) in [6.07, 6.45) is 0. The first-order chi connectivity index (χ1) is 4.20. The van der Waals surface area contributed by atoms with Gasteiger partial charge < -0.3 is 10.1 Å². The van der Waals surface area contributed by atoms with Crippen LogP contribution in [-0.2, 0) is 0 Å². The second-order valence-electron chi connectivity index (χ2n) is 1.26. The summed E-state index contributed by atoms with van der Waals surface area (Å²) in [7, 11) is 0. The average Bonchev–Trinajstić information content (AvgIpc) is 2.14. The second-order valence-corrected chi connectivity index (χ2v) is 1.26. The van der Waals surface area contributed by atoms with E-state index in [2.05, 4.69) is 5.10 Å². The summed E-state index contributed by atoms with van der Waals surface area (Å²) in [6, 6.07) is 0. The number of hydrogen-bond donors (Lipinski definition) is 2. The van der Waals surface area contributed by atoms with Gasteiger partial charge in [-0.25, -0.2) is 4.79 Å². The van der Waals surface area contributed by atoms with Crippen LogP contribution in [0.4, 0.5) is 5.95 Å². The van der Waals surface area contributed by atoms with E-state index in [1.54, 1.807) is 0 Å². The molecule has 0 aliphatic rings. The van der Waals surface area contributed by atoms with Gasteiger partial charge in [-0.3, -0.25) is 0 Å². The number of rotatable bonds is 1. The van der Waals surface area contributed by atoms with Crippen molar-refractivity contribution >= 4 is 5.95 Å². The Balaban J connectivity index is 3.12. The van der Waals surface area contributed by atoms with Gasteiger partial charge >= 0.3 is 11.6 Å². The molecular weight excluding hydrogens is 129 g/mol. The van der Waals surface area contributed by atoms with Gasteiger partial charge in [-0.1, -0.05) is 0 Å². The molecule has 0 spiro atoms. The first-order valence-electron chi connectivity index (χ1n) is 1.99. The van der Waals surface area contributed by atoms with Crippen molar-refractivity contribution < 1.29 is 4.92 Å². The van der Waals surface area contributed by atoms with Crippen LogP contribution in [0.1, 0.15) is 0 Å². The van der Waals surface area contributed by atoms with Crippen molar-refractivity contribution in [2.75, 3.05) is 0 Å². The molecule has 0 radical (unpaired) electrons. The fourth-order valence-corrected chi connectivity index (χ4v) is 0.348. The predicted octanol–water partition coefficient (Wildman–Crippen LogP) is -0.994. The van der Waals surface area contributed by atoms with Crippen molar-refractivity contribution in [3.8, 4) is 0 Å². The maximum absolute atomic E-state index is 10.1. The molecule has 9 heavy (non-hydrogen) atoms. The summed E-state index contributed by atoms with van der Waals surface area (Å²) in [5, 5.41) is 14.6. The minimum absolute atomic E-state index is 0.569. The number of aromatic amines is 2. The van der Waals surface area contributed by atoms with Gasteiger partial charge in [0.25, 0.3) is 0 Å². The van der Waals surface area contributed by atoms with E-state index in [4.69, 9.17) is 0 Å². The molecule has 2 N–H and O–H groups in total. The SMILES string of the molecule is O=c1[nH]nc([N+](=O)[O-])[15nH]1. The van der Waals surface area contributed by atoms with E-state index >= 15 is 0 Å². The van der Waals surface area contributed by atoms with Gasteiger partial charge in [-0.15, -0.1) is 5.10 Å². The van der Waals surface area contributed by atoms with Gasteiger partial charge in [0, 0.05) is 5.10 Å². The summed E-state index contributed by atoms with van der Waals surface area (Å²) < 4.78 is 0. The summed E-state index contributed by atoms with van der Waals surface area (Å²) in [6.45, 7) is 0. The Bertz CT molecular complexity index is 271. The number of nitrogens with one attached hydrogen (secondary N) is 2. The van der Waals surface area contributed by atoms with Gasteiger partial charge in [0.05, 0.1) is 0 Å². The summed E-state index contributed by atoms with van der Waals surface area (Å²) in [5.41, 5.74) is -0.679. The van der Waals surface area contributed by atoms with E-state index in [-0.39, 0.29) is 0 Å². The Kier molecular flexibility index (Phi) is 1.03. The number of aromatic nitrogens is 3. The van der Waals surface area contributed by atoms with Crippen LogP contribution in [0.3, 0.4) is 0 Å². The van der Waals surface area contributed by atoms with Crippen molar-refractivity contribution in [1.82, 2.24) is 15.2 Å². The maximum Gasteiger partial charge on any atom is 0.457 e. The smallest absolute Gasteiger partial charge is 0.390 e. The molecule has 1 aromatic heterocycles. The lowest BCUT2D eigenvalue weighted by molar-refractivity contribution is -0.394. The minimum Gasteiger partial charge on any atom is -0.390 e. The Morgan fingerprint density at radius 1 is 1.67 bits per heavy atom. The third kappa shape index (κ3) is 0.929. The molecule has 0 aliphatic carbocycles. The third-order valence-corrected chi connectivity index (χ3v) is 0.662. The van der Waals surface area contributed by atoms with Gasteiger partial charge in [-0.2, -0.15) is 4.98 Å². The lowest BCUT2D eigenvalue weighted by Gasteiger charge is -1.82. The number of nitrogens with zero attached hydrogens (tertiary/aromatic N) is 2. The van der Waals surface area contributed by atoms with Crippen molar-refractivity contribution in [1.29, 1.82) is 0 Å². The second kappa shape index (κ2) is 1.69. The largest absolute Gasteiger partial charge is 0.457 e. The van der Waals surface area contributed by atoms with Crippen molar-refractivity contribution in [3.05, 3.63) is 20.6 Å². The first-order valence-corrected chi connectivity index (χ1v) is 1.99. The summed E-state index contributed by atoms with van der Waals surface area (Å²) in [5.74, 6) is -0.569. The number of hydrogen-bond acceptors (Lipinski definition) is 4. The third-order valence-electron chi connectivity index (χ3n) is 0.662. The van der Waals surface area contributed by atoms with Gasteiger partial charge in [0.1, 0.15) is 0 Å². The van der Waals surface area contributed by atoms with Gasteiger partial charge in [0.2, 0.25) is 0 Å². The summed E-state index contributed by atoms with van der Waals surface area (Å²) in [4.78, 5) is 20.9. The van der Waals surface area contributed by atoms with E-state index in [1.165, 1.54) is 0 Å². The van der Waals surface area contributed by atoms with Crippen LogP contribution in [0.15, 0.2) is 4.79 Å². The molecule has 1 aromatic rings. The Labute approximate surface area is 47.9 Å². The van der Waals surface area contributed by atoms with Crippen LogP contribution < -0.4 is 5.69 Å². The monoisotopic (exact) mass is 131 g/mol. The van der Waals surface area contributed by atoms with Crippen molar-refractivity contribution in [3.63, 3.8) is 0 Å². The van der Waals surface area contributed by atoms with E-state index in [9.17, 15) is 14.9 Å². The first kappa shape index (κ1) is 5.48. The molecule has 48 valence electrons. The fourth-order valence-electron chi connectivity index (χ4n) is 0.348. The predicted molar refractivity (Wildman–Crippen MR) is 25.9 cm³/mol. The lowest BCUT2D eigenvalue weighted by Crippen LogP contribution is -2.01. The molecule has 0 bridgehead atoms. The normalized spacial score (nSPS) is 9.33. The highest BCUT2D eigenvalue weighted by molar-refractivity contribution is 4.95. The molecule has 0 saturated carbocycles. The van der Waals surface area contributed by atoms with Crippen LogP contribution in [-0.4, -0.2) is 20.1 Å². The molecule has 1 rings (SSSR count). The lowest BCUT2D eigenvalue weighted by atomic mass is 11.2. The number of H-pyrrole nitrogens is 2. The standard InChI is InChI=1S/C2H2N4O3/c7-2-3-1(4-5-2)6(8)9/h(H2,3,4,5,7)/i3+1. The van der Waals surface area contributed by atoms with Crippen LogP contribution in [0.5, 0.6) is 0 Å². The summed E-state index contributed by atoms with van der Waals surface area (Å²) >= 11 is 0. The Hall–Kier alpha value is -1.66. The highest BCUT2D eigenvalue weighted by Gasteiger charge is 2.06. The van der Waals surface area contributed by atoms with Crippen LogP contribution >= 0.6 is 0 Å². The van der Waals surface area contributed by atoms with E-state index < -0.39 is 16.6 Å². The molecule has 0 aliphatic heterocycles. The van der Waals surface area contributed by atoms with Crippen LogP contribution in [0.25, 0.3) is 0 Å². The van der Waals surface area contributed by atoms with E-state index in [0.717, 1.165) is 0 Å². The topological polar surface area (TPSA) is 105 Å². The van der Waals surface area contributed by atoms with Gasteiger partial charge in [-0.05, 0) is 4.92 Å². The zero-order valence-corrected chi connectivity index (χ0v) is 4.12. The Morgan fingerprint density at radius 2 is 2.33 bits per heavy atom. The zero-order valence-electron chi connectivity index (χ0n) is 4.12. The van der Waals surface area contributed by atoms with Crippen molar-refractivity contribution in [2.45, 2.75) is 0 Å². The molecule has 7 nitrogen and oxygen atoms in total. The van der Waals surface area contributed by atoms with E-state index in [1.807, 2.05) is 10.1 Å². The molecule has 0 saturated heterocycles.